The lowest BCUT2D eigenvalue weighted by molar-refractivity contribution is -0.137. The summed E-state index contributed by atoms with van der Waals surface area (Å²) in [7, 11) is 0. The minimum absolute atomic E-state index is 0.138. The van der Waals surface area contributed by atoms with Crippen molar-refractivity contribution in [1.29, 1.82) is 0 Å². The van der Waals surface area contributed by atoms with Gasteiger partial charge in [0.1, 0.15) is 11.6 Å². The van der Waals surface area contributed by atoms with E-state index in [1.807, 2.05) is 0 Å². The van der Waals surface area contributed by atoms with E-state index in [0.29, 0.717) is 18.5 Å². The highest BCUT2D eigenvalue weighted by Gasteiger charge is 2.30. The van der Waals surface area contributed by atoms with Crippen molar-refractivity contribution in [1.82, 2.24) is 20.1 Å². The number of halogens is 3. The second-order valence-corrected chi connectivity index (χ2v) is 6.97. The smallest absolute Gasteiger partial charge is 0.356 e. The monoisotopic (exact) mass is 380 g/mol. The third-order valence-corrected chi connectivity index (χ3v) is 4.88. The van der Waals surface area contributed by atoms with E-state index >= 15 is 0 Å². The van der Waals surface area contributed by atoms with Gasteiger partial charge in [0.15, 0.2) is 0 Å². The maximum Gasteiger partial charge on any atom is 0.416 e. The number of amides is 1. The van der Waals surface area contributed by atoms with Crippen LogP contribution in [0.2, 0.25) is 0 Å². The van der Waals surface area contributed by atoms with E-state index in [1.165, 1.54) is 6.07 Å². The molecule has 1 aromatic heterocycles. The van der Waals surface area contributed by atoms with E-state index in [4.69, 9.17) is 0 Å². The molecule has 0 bridgehead atoms. The van der Waals surface area contributed by atoms with Gasteiger partial charge in [0, 0.05) is 32.4 Å². The molecule has 0 spiro atoms. The van der Waals surface area contributed by atoms with Crippen LogP contribution in [-0.4, -0.2) is 27.2 Å². The standard InChI is InChI=1S/C19H23F3N4O/c1-13(14-5-4-6-15(12-14)19(20,21)22)11-18(27)23-9-8-17-25-24-16-7-2-3-10-26(16)17/h4-6,12-13H,2-3,7-11H2,1H3,(H,23,27)/t13-/m0/s1. The lowest BCUT2D eigenvalue weighted by Crippen LogP contribution is -2.27. The van der Waals surface area contributed by atoms with Crippen LogP contribution in [0.25, 0.3) is 0 Å². The molecule has 27 heavy (non-hydrogen) atoms. The van der Waals surface area contributed by atoms with Crippen molar-refractivity contribution in [3.8, 4) is 0 Å². The molecule has 1 aromatic carbocycles. The van der Waals surface area contributed by atoms with Crippen molar-refractivity contribution in [2.45, 2.75) is 57.7 Å². The zero-order valence-corrected chi connectivity index (χ0v) is 15.2. The molecule has 0 aliphatic carbocycles. The fourth-order valence-corrected chi connectivity index (χ4v) is 3.36. The minimum Gasteiger partial charge on any atom is -0.356 e. The third-order valence-electron chi connectivity index (χ3n) is 4.88. The van der Waals surface area contributed by atoms with Gasteiger partial charge in [0.05, 0.1) is 5.56 Å². The predicted octanol–water partition coefficient (Wildman–Crippen LogP) is 3.49. The number of fused-ring (bicyclic) bond motifs is 1. The Morgan fingerprint density at radius 2 is 2.11 bits per heavy atom. The van der Waals surface area contributed by atoms with E-state index in [1.54, 1.807) is 13.0 Å². The zero-order chi connectivity index (χ0) is 19.4. The lowest BCUT2D eigenvalue weighted by atomic mass is 9.95. The Balaban J connectivity index is 1.50. The number of hydrogen-bond donors (Lipinski definition) is 1. The van der Waals surface area contributed by atoms with Crippen LogP contribution in [0.5, 0.6) is 0 Å². The van der Waals surface area contributed by atoms with Crippen molar-refractivity contribution in [3.63, 3.8) is 0 Å². The first kappa shape index (κ1) is 19.4. The minimum atomic E-state index is -4.38. The fourth-order valence-electron chi connectivity index (χ4n) is 3.36. The van der Waals surface area contributed by atoms with Crippen LogP contribution in [0, 0.1) is 0 Å². The maximum atomic E-state index is 12.8. The van der Waals surface area contributed by atoms with Crippen LogP contribution in [0.4, 0.5) is 13.2 Å². The molecule has 0 fully saturated rings. The summed E-state index contributed by atoms with van der Waals surface area (Å²) in [5.74, 6) is 1.39. The van der Waals surface area contributed by atoms with E-state index < -0.39 is 11.7 Å². The largest absolute Gasteiger partial charge is 0.416 e. The third kappa shape index (κ3) is 4.87. The second-order valence-electron chi connectivity index (χ2n) is 6.97. The molecule has 0 saturated heterocycles. The molecule has 146 valence electrons. The molecule has 1 aliphatic heterocycles. The zero-order valence-electron chi connectivity index (χ0n) is 15.2. The fraction of sp³-hybridized carbons (Fsp3) is 0.526. The van der Waals surface area contributed by atoms with Gasteiger partial charge in [0.2, 0.25) is 5.91 Å². The first-order valence-electron chi connectivity index (χ1n) is 9.19. The van der Waals surface area contributed by atoms with E-state index in [-0.39, 0.29) is 18.2 Å². The number of hydrogen-bond acceptors (Lipinski definition) is 3. The lowest BCUT2D eigenvalue weighted by Gasteiger charge is -2.16. The van der Waals surface area contributed by atoms with Crippen molar-refractivity contribution < 1.29 is 18.0 Å². The van der Waals surface area contributed by atoms with Crippen molar-refractivity contribution in [3.05, 3.63) is 47.0 Å². The molecule has 8 heteroatoms. The predicted molar refractivity (Wildman–Crippen MR) is 94.1 cm³/mol. The molecule has 1 amide bonds. The number of carbonyl (C=O) groups excluding carboxylic acids is 1. The highest BCUT2D eigenvalue weighted by molar-refractivity contribution is 5.76. The molecule has 1 atom stereocenters. The van der Waals surface area contributed by atoms with Crippen LogP contribution in [0.15, 0.2) is 24.3 Å². The van der Waals surface area contributed by atoms with Gasteiger partial charge >= 0.3 is 6.18 Å². The first-order chi connectivity index (χ1) is 12.8. The van der Waals surface area contributed by atoms with Gasteiger partial charge in [-0.25, -0.2) is 0 Å². The molecular formula is C19H23F3N4O. The Labute approximate surface area is 156 Å². The molecule has 5 nitrogen and oxygen atoms in total. The summed E-state index contributed by atoms with van der Waals surface area (Å²) in [6, 6.07) is 5.15. The highest BCUT2D eigenvalue weighted by atomic mass is 19.4. The summed E-state index contributed by atoms with van der Waals surface area (Å²) in [6.45, 7) is 3.11. The summed E-state index contributed by atoms with van der Waals surface area (Å²) in [6.07, 6.45) is -0.472. The molecule has 0 saturated carbocycles. The molecule has 1 aliphatic rings. The van der Waals surface area contributed by atoms with Gasteiger partial charge in [0.25, 0.3) is 0 Å². The number of carbonyl (C=O) groups is 1. The molecule has 3 rings (SSSR count). The Morgan fingerprint density at radius 1 is 1.30 bits per heavy atom. The van der Waals surface area contributed by atoms with E-state index in [0.717, 1.165) is 49.6 Å². The quantitative estimate of drug-likeness (QED) is 0.835. The van der Waals surface area contributed by atoms with Gasteiger partial charge in [-0.1, -0.05) is 25.1 Å². The number of nitrogens with zero attached hydrogens (tertiary/aromatic N) is 3. The van der Waals surface area contributed by atoms with Crippen LogP contribution in [0.3, 0.4) is 0 Å². The molecule has 2 aromatic rings. The summed E-state index contributed by atoms with van der Waals surface area (Å²) in [5.41, 5.74) is -0.185. The normalized spacial score (nSPS) is 15.3. The summed E-state index contributed by atoms with van der Waals surface area (Å²) >= 11 is 0. The Morgan fingerprint density at radius 3 is 2.89 bits per heavy atom. The van der Waals surface area contributed by atoms with Gasteiger partial charge < -0.3 is 9.88 Å². The van der Waals surface area contributed by atoms with Crippen LogP contribution in [-0.2, 0) is 30.4 Å². The van der Waals surface area contributed by atoms with Crippen molar-refractivity contribution in [2.24, 2.45) is 0 Å². The van der Waals surface area contributed by atoms with Gasteiger partial charge in [-0.3, -0.25) is 4.79 Å². The second kappa shape index (κ2) is 8.10. The number of alkyl halides is 3. The van der Waals surface area contributed by atoms with E-state index in [9.17, 15) is 18.0 Å². The summed E-state index contributed by atoms with van der Waals surface area (Å²) in [4.78, 5) is 12.1. The SMILES string of the molecule is C[C@@H](CC(=O)NCCc1nnc2n1CCCC2)c1cccc(C(F)(F)F)c1. The maximum absolute atomic E-state index is 12.8. The number of benzene rings is 1. The number of aromatic nitrogens is 3. The summed E-state index contributed by atoms with van der Waals surface area (Å²) < 4.78 is 40.6. The Kier molecular flexibility index (Phi) is 5.82. The number of aryl methyl sites for hydroxylation is 1. The molecular weight excluding hydrogens is 357 g/mol. The average molecular weight is 380 g/mol. The van der Waals surface area contributed by atoms with Gasteiger partial charge in [-0.05, 0) is 30.4 Å². The Bertz CT molecular complexity index is 800. The molecule has 1 N–H and O–H groups in total. The number of rotatable bonds is 6. The summed E-state index contributed by atoms with van der Waals surface area (Å²) in [5, 5.41) is 11.2. The highest BCUT2D eigenvalue weighted by Crippen LogP contribution is 2.31. The molecule has 0 radical (unpaired) electrons. The van der Waals surface area contributed by atoms with Gasteiger partial charge in [-0.2, -0.15) is 13.2 Å². The first-order valence-corrected chi connectivity index (χ1v) is 9.19. The van der Waals surface area contributed by atoms with Gasteiger partial charge in [-0.15, -0.1) is 10.2 Å². The Hall–Kier alpha value is -2.38. The van der Waals surface area contributed by atoms with Crippen LogP contribution in [0.1, 0.15) is 54.9 Å². The van der Waals surface area contributed by atoms with Crippen LogP contribution < -0.4 is 5.32 Å². The van der Waals surface area contributed by atoms with Crippen molar-refractivity contribution >= 4 is 5.91 Å². The van der Waals surface area contributed by atoms with Crippen LogP contribution >= 0.6 is 0 Å². The van der Waals surface area contributed by atoms with Crippen molar-refractivity contribution in [2.75, 3.05) is 6.54 Å². The molecule has 0 unspecified atom stereocenters. The average Bonchev–Trinajstić information content (AvgIpc) is 3.04. The topological polar surface area (TPSA) is 59.8 Å². The molecule has 2 heterocycles. The number of nitrogens with one attached hydrogen (secondary N) is 1. The van der Waals surface area contributed by atoms with E-state index in [2.05, 4.69) is 20.1 Å².